The van der Waals surface area contributed by atoms with Crippen molar-refractivity contribution in [3.63, 3.8) is 0 Å². The van der Waals surface area contributed by atoms with Crippen LogP contribution in [-0.2, 0) is 0 Å². The molecule has 0 atom stereocenters. The predicted molar refractivity (Wildman–Crippen MR) is 113 cm³/mol. The van der Waals surface area contributed by atoms with E-state index in [1.807, 2.05) is 60.7 Å². The molecular formula is C21H24N6O. The van der Waals surface area contributed by atoms with E-state index in [2.05, 4.69) is 25.8 Å². The number of aromatic nitrogens is 2. The van der Waals surface area contributed by atoms with Gasteiger partial charge < -0.3 is 25.6 Å². The molecule has 4 rings (SSSR count). The molecular weight excluding hydrogens is 352 g/mol. The van der Waals surface area contributed by atoms with Crippen LogP contribution in [0.2, 0.25) is 0 Å². The second-order valence-electron chi connectivity index (χ2n) is 6.52. The quantitative estimate of drug-likeness (QED) is 0.609. The highest BCUT2D eigenvalue weighted by atomic mass is 16.5. The third-order valence-electron chi connectivity index (χ3n) is 4.55. The van der Waals surface area contributed by atoms with Crippen LogP contribution >= 0.6 is 0 Å². The van der Waals surface area contributed by atoms with Crippen molar-refractivity contribution in [2.24, 2.45) is 0 Å². The van der Waals surface area contributed by atoms with Crippen LogP contribution in [0.5, 0.6) is 5.75 Å². The van der Waals surface area contributed by atoms with Gasteiger partial charge in [0.2, 0.25) is 5.95 Å². The minimum absolute atomic E-state index is 0.568. The minimum Gasteiger partial charge on any atom is -0.497 e. The fourth-order valence-electron chi connectivity index (χ4n) is 3.08. The number of hydrogen-bond acceptors (Lipinski definition) is 7. The standard InChI is InChI=1S/C21H24N6O/c1-28-18-9-7-17(8-10-18)23-19-15-20(27-13-11-22-12-14-27)26-21(25-19)24-16-5-3-2-4-6-16/h2-10,15,22H,11-14H2,1H3,(H2,23,24,25,26). The third kappa shape index (κ3) is 4.50. The van der Waals surface area contributed by atoms with Gasteiger partial charge in [-0.2, -0.15) is 9.97 Å². The average Bonchev–Trinajstić information content (AvgIpc) is 2.75. The van der Waals surface area contributed by atoms with E-state index < -0.39 is 0 Å². The summed E-state index contributed by atoms with van der Waals surface area (Å²) >= 11 is 0. The summed E-state index contributed by atoms with van der Waals surface area (Å²) in [5, 5.41) is 10.1. The van der Waals surface area contributed by atoms with E-state index >= 15 is 0 Å². The summed E-state index contributed by atoms with van der Waals surface area (Å²) in [7, 11) is 1.66. The Labute approximate surface area is 164 Å². The van der Waals surface area contributed by atoms with Crippen molar-refractivity contribution in [2.75, 3.05) is 48.8 Å². The molecule has 28 heavy (non-hydrogen) atoms. The molecule has 0 amide bonds. The molecule has 2 heterocycles. The van der Waals surface area contributed by atoms with Gasteiger partial charge in [0.25, 0.3) is 0 Å². The SMILES string of the molecule is COc1ccc(Nc2cc(N3CCNCC3)nc(Nc3ccccc3)n2)cc1. The Morgan fingerprint density at radius 2 is 1.61 bits per heavy atom. The zero-order valence-electron chi connectivity index (χ0n) is 15.9. The second-order valence-corrected chi connectivity index (χ2v) is 6.52. The van der Waals surface area contributed by atoms with Crippen molar-refractivity contribution in [3.8, 4) is 5.75 Å². The van der Waals surface area contributed by atoms with Gasteiger partial charge in [0.05, 0.1) is 7.11 Å². The van der Waals surface area contributed by atoms with E-state index in [9.17, 15) is 0 Å². The van der Waals surface area contributed by atoms with Crippen LogP contribution in [0.1, 0.15) is 0 Å². The van der Waals surface area contributed by atoms with Gasteiger partial charge in [-0.3, -0.25) is 0 Å². The number of rotatable bonds is 6. The number of methoxy groups -OCH3 is 1. The van der Waals surface area contributed by atoms with Gasteiger partial charge in [-0.25, -0.2) is 0 Å². The molecule has 1 saturated heterocycles. The number of piperazine rings is 1. The lowest BCUT2D eigenvalue weighted by atomic mass is 10.3. The Kier molecular flexibility index (Phi) is 5.53. The Hall–Kier alpha value is -3.32. The maximum Gasteiger partial charge on any atom is 0.231 e. The Bertz CT molecular complexity index is 895. The first-order chi connectivity index (χ1) is 13.8. The second kappa shape index (κ2) is 8.58. The lowest BCUT2D eigenvalue weighted by Gasteiger charge is -2.29. The highest BCUT2D eigenvalue weighted by Crippen LogP contribution is 2.24. The van der Waals surface area contributed by atoms with Crippen LogP contribution in [0.15, 0.2) is 60.7 Å². The Morgan fingerprint density at radius 1 is 0.893 bits per heavy atom. The molecule has 1 aliphatic heterocycles. The first-order valence-electron chi connectivity index (χ1n) is 9.38. The van der Waals surface area contributed by atoms with Gasteiger partial charge in [0.1, 0.15) is 17.4 Å². The van der Waals surface area contributed by atoms with Crippen LogP contribution in [0.4, 0.5) is 29.0 Å². The monoisotopic (exact) mass is 376 g/mol. The van der Waals surface area contributed by atoms with Crippen molar-refractivity contribution in [2.45, 2.75) is 0 Å². The molecule has 1 fully saturated rings. The molecule has 1 aromatic heterocycles. The maximum absolute atomic E-state index is 5.23. The lowest BCUT2D eigenvalue weighted by molar-refractivity contribution is 0.415. The molecule has 144 valence electrons. The van der Waals surface area contributed by atoms with Gasteiger partial charge >= 0.3 is 0 Å². The van der Waals surface area contributed by atoms with Crippen LogP contribution in [0, 0.1) is 0 Å². The molecule has 0 spiro atoms. The highest BCUT2D eigenvalue weighted by Gasteiger charge is 2.15. The van der Waals surface area contributed by atoms with Crippen LogP contribution in [0.3, 0.4) is 0 Å². The van der Waals surface area contributed by atoms with Crippen LogP contribution in [-0.4, -0.2) is 43.3 Å². The molecule has 7 heteroatoms. The smallest absolute Gasteiger partial charge is 0.231 e. The van der Waals surface area contributed by atoms with E-state index in [0.717, 1.165) is 54.9 Å². The molecule has 0 bridgehead atoms. The fraction of sp³-hybridized carbons (Fsp3) is 0.238. The molecule has 7 nitrogen and oxygen atoms in total. The molecule has 0 saturated carbocycles. The highest BCUT2D eigenvalue weighted by molar-refractivity contribution is 5.64. The summed E-state index contributed by atoms with van der Waals surface area (Å²) in [5.41, 5.74) is 1.90. The molecule has 3 N–H and O–H groups in total. The topological polar surface area (TPSA) is 74.3 Å². The minimum atomic E-state index is 0.568. The molecule has 2 aromatic carbocycles. The number of hydrogen-bond donors (Lipinski definition) is 3. The van der Waals surface area contributed by atoms with Gasteiger partial charge in [0.15, 0.2) is 0 Å². The predicted octanol–water partition coefficient (Wildman–Crippen LogP) is 3.38. The number of benzene rings is 2. The first kappa shape index (κ1) is 18.1. The normalized spacial score (nSPS) is 13.8. The zero-order valence-corrected chi connectivity index (χ0v) is 15.9. The van der Waals surface area contributed by atoms with Crippen molar-refractivity contribution in [1.82, 2.24) is 15.3 Å². The molecule has 0 unspecified atom stereocenters. The van der Waals surface area contributed by atoms with E-state index in [-0.39, 0.29) is 0 Å². The van der Waals surface area contributed by atoms with Crippen molar-refractivity contribution >= 4 is 29.0 Å². The Balaban J connectivity index is 1.62. The zero-order chi connectivity index (χ0) is 19.2. The third-order valence-corrected chi connectivity index (χ3v) is 4.55. The van der Waals surface area contributed by atoms with Gasteiger partial charge in [-0.15, -0.1) is 0 Å². The average molecular weight is 376 g/mol. The summed E-state index contributed by atoms with van der Waals surface area (Å²) in [4.78, 5) is 11.7. The van der Waals surface area contributed by atoms with Crippen LogP contribution < -0.4 is 25.6 Å². The van der Waals surface area contributed by atoms with Gasteiger partial charge in [-0.05, 0) is 36.4 Å². The van der Waals surface area contributed by atoms with E-state index in [4.69, 9.17) is 9.72 Å². The largest absolute Gasteiger partial charge is 0.497 e. The maximum atomic E-state index is 5.23. The number of anilines is 5. The van der Waals surface area contributed by atoms with Crippen molar-refractivity contribution in [1.29, 1.82) is 0 Å². The van der Waals surface area contributed by atoms with E-state index in [1.165, 1.54) is 0 Å². The van der Waals surface area contributed by atoms with Gasteiger partial charge in [-0.1, -0.05) is 18.2 Å². The van der Waals surface area contributed by atoms with Gasteiger partial charge in [0, 0.05) is 43.6 Å². The molecule has 0 aliphatic carbocycles. The summed E-state index contributed by atoms with van der Waals surface area (Å²) in [5.74, 6) is 3.04. The summed E-state index contributed by atoms with van der Waals surface area (Å²) in [6, 6.07) is 19.7. The lowest BCUT2D eigenvalue weighted by Crippen LogP contribution is -2.44. The number of para-hydroxylation sites is 1. The van der Waals surface area contributed by atoms with Crippen molar-refractivity contribution < 1.29 is 4.74 Å². The van der Waals surface area contributed by atoms with Crippen LogP contribution in [0.25, 0.3) is 0 Å². The molecule has 3 aromatic rings. The van der Waals surface area contributed by atoms with Crippen molar-refractivity contribution in [3.05, 3.63) is 60.7 Å². The number of nitrogens with one attached hydrogen (secondary N) is 3. The molecule has 1 aliphatic rings. The number of nitrogens with zero attached hydrogens (tertiary/aromatic N) is 3. The van der Waals surface area contributed by atoms with E-state index in [0.29, 0.717) is 5.95 Å². The summed E-state index contributed by atoms with van der Waals surface area (Å²) < 4.78 is 5.23. The first-order valence-corrected chi connectivity index (χ1v) is 9.38. The summed E-state index contributed by atoms with van der Waals surface area (Å²) in [6.45, 7) is 3.74. The summed E-state index contributed by atoms with van der Waals surface area (Å²) in [6.07, 6.45) is 0. The fourth-order valence-corrected chi connectivity index (χ4v) is 3.08. The Morgan fingerprint density at radius 3 is 2.32 bits per heavy atom. The molecule has 0 radical (unpaired) electrons. The van der Waals surface area contributed by atoms with E-state index in [1.54, 1.807) is 7.11 Å². The number of ether oxygens (including phenoxy) is 1.